The smallest absolute Gasteiger partial charge is 0.282 e. The van der Waals surface area contributed by atoms with Gasteiger partial charge in [-0.05, 0) is 35.0 Å². The summed E-state index contributed by atoms with van der Waals surface area (Å²) in [5.41, 5.74) is 1.80. The molecule has 2 aliphatic heterocycles. The van der Waals surface area contributed by atoms with E-state index in [2.05, 4.69) is 5.32 Å². The zero-order valence-electron chi connectivity index (χ0n) is 16.7. The number of carbonyl (C=O) groups is 2. The fourth-order valence-corrected chi connectivity index (χ4v) is 4.80. The lowest BCUT2D eigenvalue weighted by molar-refractivity contribution is -0.120. The van der Waals surface area contributed by atoms with Crippen LogP contribution in [0, 0.1) is 0 Å². The summed E-state index contributed by atoms with van der Waals surface area (Å²) in [6, 6.07) is 22.4. The Morgan fingerprint density at radius 1 is 0.844 bits per heavy atom. The number of hydrogen-bond acceptors (Lipinski definition) is 6. The Balaban J connectivity index is 1.47. The molecule has 0 fully saturated rings. The Bertz CT molecular complexity index is 1420. The van der Waals surface area contributed by atoms with E-state index in [1.165, 1.54) is 16.2 Å². The molecule has 4 aromatic rings. The molecule has 2 aliphatic rings. The Labute approximate surface area is 187 Å². The number of fused-ring (bicyclic) bond motifs is 2. The second kappa shape index (κ2) is 7.25. The molecule has 6 rings (SSSR count). The minimum atomic E-state index is -0.396. The summed E-state index contributed by atoms with van der Waals surface area (Å²) < 4.78 is 10.8. The van der Waals surface area contributed by atoms with Crippen LogP contribution in [0.15, 0.2) is 83.9 Å². The van der Waals surface area contributed by atoms with Crippen molar-refractivity contribution in [2.75, 3.05) is 17.0 Å². The molecule has 0 saturated heterocycles. The molecule has 156 valence electrons. The van der Waals surface area contributed by atoms with Gasteiger partial charge in [-0.1, -0.05) is 42.5 Å². The first-order chi connectivity index (χ1) is 15.7. The topological polar surface area (TPSA) is 67.9 Å². The van der Waals surface area contributed by atoms with Crippen LogP contribution in [0.25, 0.3) is 16.3 Å². The maximum Gasteiger partial charge on any atom is 0.282 e. The van der Waals surface area contributed by atoms with Crippen LogP contribution in [-0.4, -0.2) is 18.6 Å². The summed E-state index contributed by atoms with van der Waals surface area (Å²) in [7, 11) is 0. The molecule has 0 aliphatic carbocycles. The van der Waals surface area contributed by atoms with Crippen LogP contribution in [0.5, 0.6) is 11.5 Å². The predicted octanol–water partition coefficient (Wildman–Crippen LogP) is 5.03. The fourth-order valence-electron chi connectivity index (χ4n) is 4.04. The normalized spacial score (nSPS) is 15.2. The van der Waals surface area contributed by atoms with Crippen molar-refractivity contribution in [3.63, 3.8) is 0 Å². The molecular formula is C25H16N2O4S. The number of anilines is 2. The second-order valence-electron chi connectivity index (χ2n) is 7.36. The first-order valence-corrected chi connectivity index (χ1v) is 10.9. The lowest BCUT2D eigenvalue weighted by Gasteiger charge is -2.17. The van der Waals surface area contributed by atoms with Gasteiger partial charge in [0.1, 0.15) is 5.70 Å². The van der Waals surface area contributed by atoms with E-state index in [9.17, 15) is 9.59 Å². The van der Waals surface area contributed by atoms with Crippen molar-refractivity contribution < 1.29 is 19.1 Å². The Kier molecular flexibility index (Phi) is 4.22. The highest BCUT2D eigenvalue weighted by atomic mass is 32.1. The van der Waals surface area contributed by atoms with E-state index in [1.807, 2.05) is 53.9 Å². The molecule has 32 heavy (non-hydrogen) atoms. The van der Waals surface area contributed by atoms with Gasteiger partial charge in [0.2, 0.25) is 6.79 Å². The fraction of sp³-hybridized carbons (Fsp3) is 0.0400. The van der Waals surface area contributed by atoms with Crippen LogP contribution in [-0.2, 0) is 9.59 Å². The Morgan fingerprint density at radius 2 is 1.69 bits per heavy atom. The highest BCUT2D eigenvalue weighted by Gasteiger charge is 2.41. The molecule has 7 heteroatoms. The minimum Gasteiger partial charge on any atom is -0.454 e. The highest BCUT2D eigenvalue weighted by Crippen LogP contribution is 2.39. The van der Waals surface area contributed by atoms with E-state index < -0.39 is 5.91 Å². The molecule has 0 atom stereocenters. The summed E-state index contributed by atoms with van der Waals surface area (Å²) >= 11 is 1.42. The van der Waals surface area contributed by atoms with Crippen LogP contribution in [0.2, 0.25) is 0 Å². The first-order valence-electron chi connectivity index (χ1n) is 10.0. The highest BCUT2D eigenvalue weighted by molar-refractivity contribution is 7.11. The average Bonchev–Trinajstić information content (AvgIpc) is 3.54. The zero-order valence-corrected chi connectivity index (χ0v) is 17.5. The van der Waals surface area contributed by atoms with E-state index in [-0.39, 0.29) is 18.4 Å². The number of thiophene rings is 1. The Morgan fingerprint density at radius 3 is 2.56 bits per heavy atom. The van der Waals surface area contributed by atoms with Gasteiger partial charge in [0.25, 0.3) is 11.8 Å². The maximum atomic E-state index is 13.6. The number of nitrogens with one attached hydrogen (secondary N) is 1. The summed E-state index contributed by atoms with van der Waals surface area (Å²) in [5.74, 6) is 0.495. The largest absolute Gasteiger partial charge is 0.454 e. The number of amides is 2. The average molecular weight is 440 g/mol. The van der Waals surface area contributed by atoms with Gasteiger partial charge in [-0.2, -0.15) is 0 Å². The molecule has 0 radical (unpaired) electrons. The van der Waals surface area contributed by atoms with Gasteiger partial charge in [0.15, 0.2) is 11.5 Å². The lowest BCUT2D eigenvalue weighted by Crippen LogP contribution is -2.32. The van der Waals surface area contributed by atoms with Gasteiger partial charge >= 0.3 is 0 Å². The standard InChI is InChI=1S/C25H16N2O4S/c28-24-22(21-9-4-12-32-21)23(26-16-10-11-19-20(13-16)31-14-30-19)25(29)27(24)18-8-3-6-15-5-1-2-7-17(15)18/h1-13,26H,14H2. The van der Waals surface area contributed by atoms with Gasteiger partial charge in [0, 0.05) is 22.0 Å². The summed E-state index contributed by atoms with van der Waals surface area (Å²) in [5, 5.41) is 6.86. The van der Waals surface area contributed by atoms with Crippen molar-refractivity contribution >= 4 is 50.9 Å². The molecule has 0 spiro atoms. The molecule has 1 N–H and O–H groups in total. The minimum absolute atomic E-state index is 0.161. The SMILES string of the molecule is O=C1C(Nc2ccc3c(c2)OCO3)=C(c2cccs2)C(=O)N1c1cccc2ccccc12. The summed E-state index contributed by atoms with van der Waals surface area (Å²) in [6.07, 6.45) is 0. The molecule has 0 bridgehead atoms. The van der Waals surface area contributed by atoms with Crippen molar-refractivity contribution in [2.24, 2.45) is 0 Å². The van der Waals surface area contributed by atoms with Crippen molar-refractivity contribution in [3.8, 4) is 11.5 Å². The zero-order chi connectivity index (χ0) is 21.7. The number of rotatable bonds is 4. The van der Waals surface area contributed by atoms with E-state index in [1.54, 1.807) is 24.3 Å². The summed E-state index contributed by atoms with van der Waals surface area (Å²) in [6.45, 7) is 0.161. The van der Waals surface area contributed by atoms with Crippen LogP contribution in [0.4, 0.5) is 11.4 Å². The van der Waals surface area contributed by atoms with Crippen LogP contribution in [0.3, 0.4) is 0 Å². The Hall–Kier alpha value is -4.10. The molecule has 2 amide bonds. The van der Waals surface area contributed by atoms with Crippen LogP contribution in [0.1, 0.15) is 4.88 Å². The third kappa shape index (κ3) is 2.86. The van der Waals surface area contributed by atoms with Gasteiger partial charge in [0.05, 0.1) is 11.3 Å². The lowest BCUT2D eigenvalue weighted by atomic mass is 10.1. The number of nitrogens with zero attached hydrogens (tertiary/aromatic N) is 1. The van der Waals surface area contributed by atoms with E-state index in [4.69, 9.17) is 9.47 Å². The molecule has 3 aromatic carbocycles. The van der Waals surface area contributed by atoms with Gasteiger partial charge in [-0.3, -0.25) is 9.59 Å². The van der Waals surface area contributed by atoms with Crippen molar-refractivity contribution in [1.29, 1.82) is 0 Å². The first kappa shape index (κ1) is 18.7. The molecule has 0 saturated carbocycles. The van der Waals surface area contributed by atoms with Crippen LogP contribution < -0.4 is 19.7 Å². The molecule has 1 aromatic heterocycles. The molecular weight excluding hydrogens is 424 g/mol. The second-order valence-corrected chi connectivity index (χ2v) is 8.31. The maximum absolute atomic E-state index is 13.6. The predicted molar refractivity (Wildman–Crippen MR) is 124 cm³/mol. The van der Waals surface area contributed by atoms with Gasteiger partial charge < -0.3 is 14.8 Å². The number of hydrogen-bond donors (Lipinski definition) is 1. The van der Waals surface area contributed by atoms with E-state index in [0.29, 0.717) is 28.4 Å². The monoisotopic (exact) mass is 440 g/mol. The van der Waals surface area contributed by atoms with E-state index >= 15 is 0 Å². The summed E-state index contributed by atoms with van der Waals surface area (Å²) in [4.78, 5) is 29.2. The third-order valence-corrected chi connectivity index (χ3v) is 6.39. The van der Waals surface area contributed by atoms with Gasteiger partial charge in [-0.15, -0.1) is 11.3 Å². The number of imide groups is 1. The van der Waals surface area contributed by atoms with E-state index in [0.717, 1.165) is 15.6 Å². The quantitative estimate of drug-likeness (QED) is 0.451. The molecule has 6 nitrogen and oxygen atoms in total. The number of benzene rings is 3. The van der Waals surface area contributed by atoms with Gasteiger partial charge in [-0.25, -0.2) is 4.90 Å². The van der Waals surface area contributed by atoms with Crippen molar-refractivity contribution in [2.45, 2.75) is 0 Å². The number of carbonyl (C=O) groups excluding carboxylic acids is 2. The van der Waals surface area contributed by atoms with Crippen molar-refractivity contribution in [3.05, 3.63) is 88.8 Å². The number of ether oxygens (including phenoxy) is 2. The third-order valence-electron chi connectivity index (χ3n) is 5.50. The molecule has 3 heterocycles. The van der Waals surface area contributed by atoms with Crippen molar-refractivity contribution in [1.82, 2.24) is 0 Å². The molecule has 0 unspecified atom stereocenters. The van der Waals surface area contributed by atoms with Crippen LogP contribution >= 0.6 is 11.3 Å².